The topological polar surface area (TPSA) is 37.3 Å². The van der Waals surface area contributed by atoms with Crippen molar-refractivity contribution in [1.29, 1.82) is 0 Å². The van der Waals surface area contributed by atoms with E-state index in [1.807, 2.05) is 12.1 Å². The van der Waals surface area contributed by atoms with E-state index in [0.29, 0.717) is 28.5 Å². The highest BCUT2D eigenvalue weighted by Crippen LogP contribution is 2.20. The van der Waals surface area contributed by atoms with Crippen LogP contribution in [0.3, 0.4) is 0 Å². The van der Waals surface area contributed by atoms with Gasteiger partial charge in [0.1, 0.15) is 5.75 Å². The predicted molar refractivity (Wildman–Crippen MR) is 87.3 cm³/mol. The molecule has 0 saturated heterocycles. The van der Waals surface area contributed by atoms with E-state index in [4.69, 9.17) is 23.2 Å². The van der Waals surface area contributed by atoms with E-state index < -0.39 is 0 Å². The number of halogens is 2. The number of phenols is 1. The van der Waals surface area contributed by atoms with Gasteiger partial charge >= 0.3 is 0 Å². The molecule has 0 heterocycles. The van der Waals surface area contributed by atoms with Crippen LogP contribution >= 0.6 is 23.2 Å². The van der Waals surface area contributed by atoms with Gasteiger partial charge in [-0.1, -0.05) is 29.8 Å². The van der Waals surface area contributed by atoms with Gasteiger partial charge in [0.05, 0.1) is 0 Å². The molecule has 2 nitrogen and oxygen atoms in total. The standard InChI is InChI=1S/C17H14Cl2O2/c18-9-8-14-11-13(5-7-17(14)21)16(20)6-4-12-2-1-3-15(19)10-12/h1-7,10-11,21H,8-9H2/b6-4+. The molecule has 2 aromatic carbocycles. The molecule has 2 rings (SSSR count). The van der Waals surface area contributed by atoms with Crippen LogP contribution in [-0.2, 0) is 6.42 Å². The Balaban J connectivity index is 2.18. The molecule has 0 spiro atoms. The molecule has 0 aliphatic rings. The van der Waals surface area contributed by atoms with E-state index >= 15 is 0 Å². The maximum absolute atomic E-state index is 12.1. The van der Waals surface area contributed by atoms with Gasteiger partial charge in [-0.2, -0.15) is 0 Å². The monoisotopic (exact) mass is 320 g/mol. The van der Waals surface area contributed by atoms with Gasteiger partial charge in [0, 0.05) is 16.5 Å². The van der Waals surface area contributed by atoms with Gasteiger partial charge in [0.25, 0.3) is 0 Å². The zero-order chi connectivity index (χ0) is 15.2. The Bertz CT molecular complexity index is 678. The SMILES string of the molecule is O=C(/C=C/c1cccc(Cl)c1)c1ccc(O)c(CCCl)c1. The molecule has 21 heavy (non-hydrogen) atoms. The molecule has 0 radical (unpaired) electrons. The number of hydrogen-bond acceptors (Lipinski definition) is 2. The average Bonchev–Trinajstić information content (AvgIpc) is 2.47. The summed E-state index contributed by atoms with van der Waals surface area (Å²) in [4.78, 5) is 12.1. The number of carbonyl (C=O) groups is 1. The van der Waals surface area contributed by atoms with E-state index in [0.717, 1.165) is 5.56 Å². The largest absolute Gasteiger partial charge is 0.508 e. The van der Waals surface area contributed by atoms with Crippen LogP contribution in [0.15, 0.2) is 48.5 Å². The summed E-state index contributed by atoms with van der Waals surface area (Å²) in [6, 6.07) is 12.0. The predicted octanol–water partition coefficient (Wildman–Crippen LogP) is 4.72. The minimum atomic E-state index is -0.134. The number of alkyl halides is 1. The van der Waals surface area contributed by atoms with E-state index in [1.165, 1.54) is 12.1 Å². The van der Waals surface area contributed by atoms with E-state index in [2.05, 4.69) is 0 Å². The molecule has 0 aromatic heterocycles. The summed E-state index contributed by atoms with van der Waals surface area (Å²) in [5, 5.41) is 10.3. The molecule has 2 aromatic rings. The summed E-state index contributed by atoms with van der Waals surface area (Å²) >= 11 is 11.6. The average molecular weight is 321 g/mol. The second-order valence-electron chi connectivity index (χ2n) is 4.54. The fraction of sp³-hybridized carbons (Fsp3) is 0.118. The lowest BCUT2D eigenvalue weighted by atomic mass is 10.0. The summed E-state index contributed by atoms with van der Waals surface area (Å²) in [7, 11) is 0. The summed E-state index contributed by atoms with van der Waals surface area (Å²) in [6.07, 6.45) is 3.72. The van der Waals surface area contributed by atoms with Crippen LogP contribution in [-0.4, -0.2) is 16.8 Å². The number of benzene rings is 2. The number of aryl methyl sites for hydroxylation is 1. The Kier molecular flexibility index (Phi) is 5.43. The molecular formula is C17H14Cl2O2. The highest BCUT2D eigenvalue weighted by atomic mass is 35.5. The van der Waals surface area contributed by atoms with Crippen molar-refractivity contribution in [2.45, 2.75) is 6.42 Å². The first kappa shape index (κ1) is 15.6. The third-order valence-electron chi connectivity index (χ3n) is 3.00. The van der Waals surface area contributed by atoms with Gasteiger partial charge in [0.2, 0.25) is 0 Å². The Labute approximate surface area is 133 Å². The second-order valence-corrected chi connectivity index (χ2v) is 5.35. The Morgan fingerprint density at radius 3 is 2.71 bits per heavy atom. The number of hydrogen-bond donors (Lipinski definition) is 1. The summed E-state index contributed by atoms with van der Waals surface area (Å²) in [5.41, 5.74) is 2.05. The van der Waals surface area contributed by atoms with Gasteiger partial charge in [-0.3, -0.25) is 4.79 Å². The first-order valence-corrected chi connectivity index (χ1v) is 7.37. The van der Waals surface area contributed by atoms with Crippen molar-refractivity contribution < 1.29 is 9.90 Å². The van der Waals surface area contributed by atoms with Gasteiger partial charge in [-0.15, -0.1) is 11.6 Å². The minimum Gasteiger partial charge on any atom is -0.508 e. The molecule has 0 aliphatic heterocycles. The molecule has 0 fully saturated rings. The zero-order valence-electron chi connectivity index (χ0n) is 11.2. The van der Waals surface area contributed by atoms with Crippen LogP contribution in [0.5, 0.6) is 5.75 Å². The Hall–Kier alpha value is -1.77. The lowest BCUT2D eigenvalue weighted by Crippen LogP contribution is -1.97. The molecular weight excluding hydrogens is 307 g/mol. The normalized spacial score (nSPS) is 11.0. The molecule has 0 atom stereocenters. The van der Waals surface area contributed by atoms with Crippen LogP contribution in [0, 0.1) is 0 Å². The molecule has 0 amide bonds. The van der Waals surface area contributed by atoms with Gasteiger partial charge in [-0.05, 0) is 54.0 Å². The van der Waals surface area contributed by atoms with Crippen LogP contribution < -0.4 is 0 Å². The van der Waals surface area contributed by atoms with Gasteiger partial charge in [0.15, 0.2) is 5.78 Å². The van der Waals surface area contributed by atoms with Crippen LogP contribution in [0.1, 0.15) is 21.5 Å². The molecule has 108 valence electrons. The smallest absolute Gasteiger partial charge is 0.185 e. The maximum atomic E-state index is 12.1. The minimum absolute atomic E-state index is 0.134. The third kappa shape index (κ3) is 4.35. The van der Waals surface area contributed by atoms with Crippen molar-refractivity contribution in [1.82, 2.24) is 0 Å². The lowest BCUT2D eigenvalue weighted by Gasteiger charge is -2.04. The fourth-order valence-electron chi connectivity index (χ4n) is 1.92. The van der Waals surface area contributed by atoms with E-state index in [-0.39, 0.29) is 11.5 Å². The first-order chi connectivity index (χ1) is 10.1. The Morgan fingerprint density at radius 2 is 2.00 bits per heavy atom. The van der Waals surface area contributed by atoms with Gasteiger partial charge in [-0.25, -0.2) is 0 Å². The van der Waals surface area contributed by atoms with Crippen molar-refractivity contribution >= 4 is 35.1 Å². The highest BCUT2D eigenvalue weighted by Gasteiger charge is 2.07. The summed E-state index contributed by atoms with van der Waals surface area (Å²) in [6.45, 7) is 0. The van der Waals surface area contributed by atoms with Crippen molar-refractivity contribution in [3.63, 3.8) is 0 Å². The van der Waals surface area contributed by atoms with Gasteiger partial charge < -0.3 is 5.11 Å². The Morgan fingerprint density at radius 1 is 1.19 bits per heavy atom. The van der Waals surface area contributed by atoms with Crippen molar-refractivity contribution in [2.24, 2.45) is 0 Å². The highest BCUT2D eigenvalue weighted by molar-refractivity contribution is 6.30. The second kappa shape index (κ2) is 7.30. The molecule has 0 aliphatic carbocycles. The van der Waals surface area contributed by atoms with Crippen LogP contribution in [0.4, 0.5) is 0 Å². The third-order valence-corrected chi connectivity index (χ3v) is 3.43. The fourth-order valence-corrected chi connectivity index (χ4v) is 2.32. The molecule has 0 bridgehead atoms. The summed E-state index contributed by atoms with van der Waals surface area (Å²) in [5.74, 6) is 0.417. The number of ketones is 1. The molecule has 0 unspecified atom stereocenters. The quantitative estimate of drug-likeness (QED) is 0.491. The van der Waals surface area contributed by atoms with Crippen LogP contribution in [0.25, 0.3) is 6.08 Å². The van der Waals surface area contributed by atoms with E-state index in [9.17, 15) is 9.90 Å². The molecule has 0 saturated carbocycles. The number of rotatable bonds is 5. The summed E-state index contributed by atoms with van der Waals surface area (Å²) < 4.78 is 0. The number of allylic oxidation sites excluding steroid dienone is 1. The molecule has 4 heteroatoms. The number of carbonyl (C=O) groups excluding carboxylic acids is 1. The van der Waals surface area contributed by atoms with Crippen molar-refractivity contribution in [3.8, 4) is 5.75 Å². The zero-order valence-corrected chi connectivity index (χ0v) is 12.7. The molecule has 1 N–H and O–H groups in total. The number of phenolic OH excluding ortho intramolecular Hbond substituents is 1. The lowest BCUT2D eigenvalue weighted by molar-refractivity contribution is 0.104. The maximum Gasteiger partial charge on any atom is 0.185 e. The van der Waals surface area contributed by atoms with Crippen LogP contribution in [0.2, 0.25) is 5.02 Å². The van der Waals surface area contributed by atoms with Crippen molar-refractivity contribution in [2.75, 3.05) is 5.88 Å². The van der Waals surface area contributed by atoms with Crippen molar-refractivity contribution in [3.05, 3.63) is 70.3 Å². The van der Waals surface area contributed by atoms with E-state index in [1.54, 1.807) is 30.3 Å². The first-order valence-electron chi connectivity index (χ1n) is 6.46. The number of aromatic hydroxyl groups is 1.